The molecule has 0 saturated heterocycles. The van der Waals surface area contributed by atoms with E-state index in [4.69, 9.17) is 0 Å². The second-order valence-corrected chi connectivity index (χ2v) is 7.77. The molecular formula is C18H16FN3O3S. The van der Waals surface area contributed by atoms with Gasteiger partial charge >= 0.3 is 0 Å². The smallest absolute Gasteiger partial charge is 0.246 e. The molecule has 0 saturated carbocycles. The van der Waals surface area contributed by atoms with Crippen LogP contribution in [0, 0.1) is 5.82 Å². The Morgan fingerprint density at radius 1 is 1.08 bits per heavy atom. The molecule has 1 heterocycles. The number of benzene rings is 2. The Kier molecular flexibility index (Phi) is 4.85. The summed E-state index contributed by atoms with van der Waals surface area (Å²) in [6.45, 7) is -0.00494. The third kappa shape index (κ3) is 4.34. The van der Waals surface area contributed by atoms with Crippen LogP contribution < -0.4 is 5.32 Å². The third-order valence-corrected chi connectivity index (χ3v) is 4.78. The van der Waals surface area contributed by atoms with Gasteiger partial charge in [-0.25, -0.2) is 12.8 Å². The first-order valence-electron chi connectivity index (χ1n) is 7.71. The number of rotatable bonds is 5. The predicted octanol–water partition coefficient (Wildman–Crippen LogP) is 2.73. The van der Waals surface area contributed by atoms with Gasteiger partial charge in [-0.3, -0.25) is 9.48 Å². The van der Waals surface area contributed by atoms with Crippen LogP contribution in [0.1, 0.15) is 0 Å². The molecule has 0 atom stereocenters. The number of anilines is 1. The minimum atomic E-state index is -3.27. The van der Waals surface area contributed by atoms with E-state index in [0.717, 1.165) is 11.8 Å². The maximum Gasteiger partial charge on any atom is 0.246 e. The van der Waals surface area contributed by atoms with E-state index in [1.54, 1.807) is 24.4 Å². The van der Waals surface area contributed by atoms with Crippen LogP contribution in [0.2, 0.25) is 0 Å². The Morgan fingerprint density at radius 2 is 1.73 bits per heavy atom. The molecule has 0 aliphatic heterocycles. The lowest BCUT2D eigenvalue weighted by molar-refractivity contribution is -0.116. The second kappa shape index (κ2) is 7.09. The summed E-state index contributed by atoms with van der Waals surface area (Å²) in [5, 5.41) is 6.97. The van der Waals surface area contributed by atoms with Gasteiger partial charge < -0.3 is 5.32 Å². The lowest BCUT2D eigenvalue weighted by Gasteiger charge is -2.06. The van der Waals surface area contributed by atoms with Crippen LogP contribution in [0.5, 0.6) is 0 Å². The Morgan fingerprint density at radius 3 is 2.35 bits per heavy atom. The van der Waals surface area contributed by atoms with Crippen LogP contribution in [0.3, 0.4) is 0 Å². The summed E-state index contributed by atoms with van der Waals surface area (Å²) >= 11 is 0. The normalized spacial score (nSPS) is 11.3. The molecule has 2 aromatic carbocycles. The molecule has 134 valence electrons. The monoisotopic (exact) mass is 373 g/mol. The first-order valence-corrected chi connectivity index (χ1v) is 9.60. The van der Waals surface area contributed by atoms with E-state index < -0.39 is 9.84 Å². The van der Waals surface area contributed by atoms with Crippen molar-refractivity contribution in [1.82, 2.24) is 9.78 Å². The number of carbonyl (C=O) groups is 1. The van der Waals surface area contributed by atoms with E-state index >= 15 is 0 Å². The van der Waals surface area contributed by atoms with Gasteiger partial charge in [0.25, 0.3) is 0 Å². The number of hydrogen-bond donors (Lipinski definition) is 1. The molecule has 1 amide bonds. The van der Waals surface area contributed by atoms with Crippen molar-refractivity contribution in [2.24, 2.45) is 0 Å². The van der Waals surface area contributed by atoms with E-state index in [0.29, 0.717) is 11.4 Å². The van der Waals surface area contributed by atoms with Crippen LogP contribution >= 0.6 is 0 Å². The van der Waals surface area contributed by atoms with Crippen molar-refractivity contribution in [3.05, 3.63) is 66.6 Å². The van der Waals surface area contributed by atoms with Crippen LogP contribution in [0.4, 0.5) is 10.1 Å². The highest BCUT2D eigenvalue weighted by Crippen LogP contribution is 2.17. The highest BCUT2D eigenvalue weighted by Gasteiger charge is 2.09. The SMILES string of the molecule is CS(=O)(=O)c1ccc(NC(=O)Cn2ccc(-c3ccc(F)cc3)n2)cc1. The predicted molar refractivity (Wildman–Crippen MR) is 95.8 cm³/mol. The molecule has 0 aliphatic rings. The Balaban J connectivity index is 1.64. The van der Waals surface area contributed by atoms with Gasteiger partial charge in [0, 0.05) is 23.7 Å². The molecule has 3 rings (SSSR count). The lowest BCUT2D eigenvalue weighted by Crippen LogP contribution is -2.19. The average Bonchev–Trinajstić information content (AvgIpc) is 3.03. The molecule has 0 aliphatic carbocycles. The van der Waals surface area contributed by atoms with Gasteiger partial charge in [0.15, 0.2) is 9.84 Å². The topological polar surface area (TPSA) is 81.1 Å². The highest BCUT2D eigenvalue weighted by molar-refractivity contribution is 7.90. The Hall–Kier alpha value is -3.00. The van der Waals surface area contributed by atoms with E-state index in [2.05, 4.69) is 10.4 Å². The summed E-state index contributed by atoms with van der Waals surface area (Å²) in [6.07, 6.45) is 2.78. The molecule has 0 spiro atoms. The van der Waals surface area contributed by atoms with Crippen LogP contribution in [0.25, 0.3) is 11.3 Å². The maximum absolute atomic E-state index is 13.0. The first-order chi connectivity index (χ1) is 12.3. The molecule has 26 heavy (non-hydrogen) atoms. The Labute approximate surface area is 150 Å². The lowest BCUT2D eigenvalue weighted by atomic mass is 10.1. The number of nitrogens with one attached hydrogen (secondary N) is 1. The summed E-state index contributed by atoms with van der Waals surface area (Å²) < 4.78 is 37.3. The zero-order valence-corrected chi connectivity index (χ0v) is 14.7. The summed E-state index contributed by atoms with van der Waals surface area (Å²) in [6, 6.07) is 13.6. The second-order valence-electron chi connectivity index (χ2n) is 5.75. The van der Waals surface area contributed by atoms with Crippen molar-refractivity contribution in [2.45, 2.75) is 11.4 Å². The average molecular weight is 373 g/mol. The fourth-order valence-corrected chi connectivity index (χ4v) is 2.99. The van der Waals surface area contributed by atoms with E-state index in [9.17, 15) is 17.6 Å². The summed E-state index contributed by atoms with van der Waals surface area (Å²) in [5.41, 5.74) is 1.88. The number of nitrogens with zero attached hydrogens (tertiary/aromatic N) is 2. The molecule has 0 radical (unpaired) electrons. The van der Waals surface area contributed by atoms with Crippen molar-refractivity contribution >= 4 is 21.4 Å². The van der Waals surface area contributed by atoms with Gasteiger partial charge in [-0.15, -0.1) is 0 Å². The quantitative estimate of drug-likeness (QED) is 0.746. The number of amides is 1. The first kappa shape index (κ1) is 17.8. The minimum absolute atomic E-state index is 0.00494. The van der Waals surface area contributed by atoms with Crippen LogP contribution in [-0.2, 0) is 21.2 Å². The van der Waals surface area contributed by atoms with Crippen molar-refractivity contribution in [2.75, 3.05) is 11.6 Å². The van der Waals surface area contributed by atoms with E-state index in [1.165, 1.54) is 41.1 Å². The molecular weight excluding hydrogens is 357 g/mol. The van der Waals surface area contributed by atoms with Crippen molar-refractivity contribution in [3.8, 4) is 11.3 Å². The van der Waals surface area contributed by atoms with Gasteiger partial charge in [-0.05, 0) is 54.6 Å². The van der Waals surface area contributed by atoms with E-state index in [-0.39, 0.29) is 23.2 Å². The van der Waals surface area contributed by atoms with Crippen LogP contribution in [-0.4, -0.2) is 30.4 Å². The number of aromatic nitrogens is 2. The third-order valence-electron chi connectivity index (χ3n) is 3.65. The summed E-state index contributed by atoms with van der Waals surface area (Å²) in [5.74, 6) is -0.625. The largest absolute Gasteiger partial charge is 0.324 e. The van der Waals surface area contributed by atoms with Crippen molar-refractivity contribution < 1.29 is 17.6 Å². The van der Waals surface area contributed by atoms with Gasteiger partial charge in [0.1, 0.15) is 12.4 Å². The maximum atomic E-state index is 13.0. The zero-order valence-electron chi connectivity index (χ0n) is 13.9. The summed E-state index contributed by atoms with van der Waals surface area (Å²) in [4.78, 5) is 12.3. The fraction of sp³-hybridized carbons (Fsp3) is 0.111. The Bertz CT molecular complexity index is 1030. The molecule has 6 nitrogen and oxygen atoms in total. The fourth-order valence-electron chi connectivity index (χ4n) is 2.36. The van der Waals surface area contributed by atoms with Gasteiger partial charge in [-0.2, -0.15) is 5.10 Å². The van der Waals surface area contributed by atoms with E-state index in [1.807, 2.05) is 0 Å². The summed E-state index contributed by atoms with van der Waals surface area (Å²) in [7, 11) is -3.27. The van der Waals surface area contributed by atoms with Crippen LogP contribution in [0.15, 0.2) is 65.7 Å². The molecule has 8 heteroatoms. The zero-order chi connectivity index (χ0) is 18.7. The molecule has 0 fully saturated rings. The number of carbonyl (C=O) groups excluding carboxylic acids is 1. The van der Waals surface area contributed by atoms with Gasteiger partial charge in [-0.1, -0.05) is 0 Å². The molecule has 1 N–H and O–H groups in total. The number of sulfone groups is 1. The molecule has 3 aromatic rings. The van der Waals surface area contributed by atoms with Gasteiger partial charge in [0.2, 0.25) is 5.91 Å². The number of hydrogen-bond acceptors (Lipinski definition) is 4. The number of halogens is 1. The van der Waals surface area contributed by atoms with Gasteiger partial charge in [0.05, 0.1) is 10.6 Å². The van der Waals surface area contributed by atoms with Crippen molar-refractivity contribution in [1.29, 1.82) is 0 Å². The highest BCUT2D eigenvalue weighted by atomic mass is 32.2. The van der Waals surface area contributed by atoms with Crippen molar-refractivity contribution in [3.63, 3.8) is 0 Å². The minimum Gasteiger partial charge on any atom is -0.324 e. The molecule has 1 aromatic heterocycles. The molecule has 0 bridgehead atoms. The standard InChI is InChI=1S/C18H16FN3O3S/c1-26(24,25)16-8-6-15(7-9-16)20-18(23)12-22-11-10-17(21-22)13-2-4-14(19)5-3-13/h2-11H,12H2,1H3,(H,20,23). The molecule has 0 unspecified atom stereocenters.